The van der Waals surface area contributed by atoms with Crippen LogP contribution in [0.25, 0.3) is 0 Å². The minimum Gasteiger partial charge on any atom is -0.497 e. The molecule has 0 heterocycles. The van der Waals surface area contributed by atoms with Gasteiger partial charge in [-0.15, -0.1) is 6.58 Å². The van der Waals surface area contributed by atoms with E-state index < -0.39 is 11.8 Å². The summed E-state index contributed by atoms with van der Waals surface area (Å²) in [5.74, 6) is 0.304. The third-order valence-corrected chi connectivity index (χ3v) is 2.60. The number of benzene rings is 1. The van der Waals surface area contributed by atoms with E-state index in [1.165, 1.54) is 19.4 Å². The first-order valence-electron chi connectivity index (χ1n) is 6.52. The Morgan fingerprint density at radius 3 is 2.68 bits per heavy atom. The molecule has 0 fully saturated rings. The van der Waals surface area contributed by atoms with E-state index >= 15 is 0 Å². The second-order valence-electron chi connectivity index (χ2n) is 4.17. The van der Waals surface area contributed by atoms with E-state index in [1.807, 2.05) is 0 Å². The summed E-state index contributed by atoms with van der Waals surface area (Å²) < 4.78 is 10.3. The van der Waals surface area contributed by atoms with E-state index in [4.69, 9.17) is 9.47 Å². The smallest absolute Gasteiger partial charge is 0.249 e. The van der Waals surface area contributed by atoms with Crippen molar-refractivity contribution in [2.45, 2.75) is 6.42 Å². The maximum Gasteiger partial charge on any atom is 0.249 e. The molecule has 7 nitrogen and oxygen atoms in total. The molecule has 0 bridgehead atoms. The van der Waals surface area contributed by atoms with Gasteiger partial charge in [0.15, 0.2) is 0 Å². The highest BCUT2D eigenvalue weighted by Crippen LogP contribution is 2.22. The molecule has 118 valence electrons. The van der Waals surface area contributed by atoms with Crippen molar-refractivity contribution in [3.63, 3.8) is 0 Å². The zero-order valence-electron chi connectivity index (χ0n) is 12.6. The van der Waals surface area contributed by atoms with Gasteiger partial charge in [-0.2, -0.15) is 5.10 Å². The number of nitrogens with one attached hydrogen (secondary N) is 2. The molecule has 0 radical (unpaired) electrons. The number of carbonyl (C=O) groups is 2. The van der Waals surface area contributed by atoms with Crippen LogP contribution >= 0.6 is 0 Å². The maximum atomic E-state index is 11.5. The summed E-state index contributed by atoms with van der Waals surface area (Å²) in [4.78, 5) is 22.8. The molecule has 0 spiro atoms. The number of nitrogens with zero attached hydrogens (tertiary/aromatic N) is 1. The highest BCUT2D eigenvalue weighted by molar-refractivity contribution is 5.97. The molecular formula is C15H19N3O4. The summed E-state index contributed by atoms with van der Waals surface area (Å²) in [5, 5.41) is 6.29. The van der Waals surface area contributed by atoms with Crippen LogP contribution in [0, 0.1) is 0 Å². The van der Waals surface area contributed by atoms with Crippen molar-refractivity contribution in [3.8, 4) is 11.5 Å². The second-order valence-corrected chi connectivity index (χ2v) is 4.17. The summed E-state index contributed by atoms with van der Waals surface area (Å²) in [6, 6.07) is 5.18. The summed E-state index contributed by atoms with van der Waals surface area (Å²) in [6.45, 7) is 3.78. The first-order valence-corrected chi connectivity index (χ1v) is 6.52. The van der Waals surface area contributed by atoms with Crippen molar-refractivity contribution in [3.05, 3.63) is 36.4 Å². The van der Waals surface area contributed by atoms with Gasteiger partial charge < -0.3 is 14.8 Å². The van der Waals surface area contributed by atoms with Crippen LogP contribution in [-0.4, -0.2) is 38.8 Å². The van der Waals surface area contributed by atoms with Gasteiger partial charge in [0.25, 0.3) is 0 Å². The summed E-state index contributed by atoms with van der Waals surface area (Å²) in [6.07, 6.45) is 2.66. The largest absolute Gasteiger partial charge is 0.497 e. The van der Waals surface area contributed by atoms with Crippen LogP contribution in [-0.2, 0) is 9.59 Å². The van der Waals surface area contributed by atoms with Crippen LogP contribution in [0.5, 0.6) is 11.5 Å². The first kappa shape index (κ1) is 17.2. The van der Waals surface area contributed by atoms with E-state index in [2.05, 4.69) is 22.4 Å². The van der Waals surface area contributed by atoms with E-state index in [0.29, 0.717) is 23.6 Å². The van der Waals surface area contributed by atoms with Crippen LogP contribution in [0.2, 0.25) is 0 Å². The lowest BCUT2D eigenvalue weighted by Crippen LogP contribution is -2.29. The average Bonchev–Trinajstić information content (AvgIpc) is 2.53. The second kappa shape index (κ2) is 9.17. The molecule has 1 aromatic carbocycles. The van der Waals surface area contributed by atoms with E-state index in [1.54, 1.807) is 25.3 Å². The van der Waals surface area contributed by atoms with E-state index in [-0.39, 0.29) is 6.42 Å². The van der Waals surface area contributed by atoms with Crippen LogP contribution in [0.15, 0.2) is 36.0 Å². The van der Waals surface area contributed by atoms with Gasteiger partial charge >= 0.3 is 0 Å². The highest BCUT2D eigenvalue weighted by atomic mass is 16.5. The van der Waals surface area contributed by atoms with Gasteiger partial charge in [-0.1, -0.05) is 6.08 Å². The molecule has 0 aliphatic heterocycles. The average molecular weight is 305 g/mol. The SMILES string of the molecule is C=CCNC(=O)CC(=O)NN=Cc1ccc(OC)cc1OC. The Morgan fingerprint density at radius 2 is 2.05 bits per heavy atom. The first-order chi connectivity index (χ1) is 10.6. The Morgan fingerprint density at radius 1 is 1.27 bits per heavy atom. The standard InChI is InChI=1S/C15H19N3O4/c1-4-7-16-14(19)9-15(20)18-17-10-11-5-6-12(21-2)8-13(11)22-3/h4-6,8,10H,1,7,9H2,2-3H3,(H,16,19)(H,18,20). The summed E-state index contributed by atoms with van der Waals surface area (Å²) >= 11 is 0. The molecule has 0 aromatic heterocycles. The number of hydrogen-bond donors (Lipinski definition) is 2. The molecule has 1 rings (SSSR count). The lowest BCUT2D eigenvalue weighted by Gasteiger charge is -2.06. The fourth-order valence-corrected chi connectivity index (χ4v) is 1.53. The summed E-state index contributed by atoms with van der Waals surface area (Å²) in [7, 11) is 3.08. The Bertz CT molecular complexity index is 570. The number of rotatable bonds is 8. The maximum absolute atomic E-state index is 11.5. The van der Waals surface area contributed by atoms with Crippen molar-refractivity contribution >= 4 is 18.0 Å². The fraction of sp³-hybridized carbons (Fsp3) is 0.267. The van der Waals surface area contributed by atoms with E-state index in [9.17, 15) is 9.59 Å². The zero-order valence-corrected chi connectivity index (χ0v) is 12.6. The molecule has 0 aliphatic carbocycles. The highest BCUT2D eigenvalue weighted by Gasteiger charge is 2.07. The van der Waals surface area contributed by atoms with Crippen molar-refractivity contribution in [2.24, 2.45) is 5.10 Å². The van der Waals surface area contributed by atoms with E-state index in [0.717, 1.165) is 0 Å². The van der Waals surface area contributed by atoms with Crippen molar-refractivity contribution in [1.29, 1.82) is 0 Å². The minimum atomic E-state index is -0.509. The molecule has 0 aliphatic rings. The fourth-order valence-electron chi connectivity index (χ4n) is 1.53. The van der Waals surface area contributed by atoms with Gasteiger partial charge in [-0.3, -0.25) is 9.59 Å². The monoisotopic (exact) mass is 305 g/mol. The normalized spacial score (nSPS) is 10.1. The molecule has 2 N–H and O–H groups in total. The van der Waals surface area contributed by atoms with Gasteiger partial charge in [-0.25, -0.2) is 5.43 Å². The van der Waals surface area contributed by atoms with Crippen LogP contribution in [0.3, 0.4) is 0 Å². The van der Waals surface area contributed by atoms with Crippen molar-refractivity contribution < 1.29 is 19.1 Å². The minimum absolute atomic E-state index is 0.301. The molecule has 0 unspecified atom stereocenters. The number of hydrazone groups is 1. The quantitative estimate of drug-likeness (QED) is 0.322. The zero-order chi connectivity index (χ0) is 16.4. The van der Waals surface area contributed by atoms with Gasteiger partial charge in [0.05, 0.1) is 20.4 Å². The van der Waals surface area contributed by atoms with Crippen molar-refractivity contribution in [1.82, 2.24) is 10.7 Å². The predicted octanol–water partition coefficient (Wildman–Crippen LogP) is 0.846. The number of amides is 2. The third-order valence-electron chi connectivity index (χ3n) is 2.60. The Kier molecular flexibility index (Phi) is 7.18. The molecule has 22 heavy (non-hydrogen) atoms. The molecule has 7 heteroatoms. The summed E-state index contributed by atoms with van der Waals surface area (Å²) in [5.41, 5.74) is 2.94. The number of hydrogen-bond acceptors (Lipinski definition) is 5. The topological polar surface area (TPSA) is 89.0 Å². The molecule has 0 atom stereocenters. The Balaban J connectivity index is 2.56. The van der Waals surface area contributed by atoms with Gasteiger partial charge in [-0.05, 0) is 12.1 Å². The molecular weight excluding hydrogens is 286 g/mol. The van der Waals surface area contributed by atoms with Crippen LogP contribution < -0.4 is 20.2 Å². The lowest BCUT2D eigenvalue weighted by atomic mass is 10.2. The lowest BCUT2D eigenvalue weighted by molar-refractivity contribution is -0.129. The molecule has 0 saturated carbocycles. The molecule has 1 aromatic rings. The molecule has 2 amide bonds. The van der Waals surface area contributed by atoms with Crippen LogP contribution in [0.1, 0.15) is 12.0 Å². The third kappa shape index (κ3) is 5.66. The van der Waals surface area contributed by atoms with Gasteiger partial charge in [0.1, 0.15) is 17.9 Å². The van der Waals surface area contributed by atoms with Crippen molar-refractivity contribution in [2.75, 3.05) is 20.8 Å². The molecule has 0 saturated heterocycles. The number of methoxy groups -OCH3 is 2. The van der Waals surface area contributed by atoms with Gasteiger partial charge in [0.2, 0.25) is 11.8 Å². The Hall–Kier alpha value is -2.83. The predicted molar refractivity (Wildman–Crippen MR) is 83.1 cm³/mol. The van der Waals surface area contributed by atoms with Crippen LogP contribution in [0.4, 0.5) is 0 Å². The Labute approximate surface area is 129 Å². The van der Waals surface area contributed by atoms with Gasteiger partial charge in [0, 0.05) is 18.2 Å². The number of ether oxygens (including phenoxy) is 2. The number of carbonyl (C=O) groups excluding carboxylic acids is 2.